The zero-order valence-electron chi connectivity index (χ0n) is 14.6. The van der Waals surface area contributed by atoms with Crippen LogP contribution < -0.4 is 0 Å². The van der Waals surface area contributed by atoms with Crippen molar-refractivity contribution < 1.29 is 13.2 Å². The van der Waals surface area contributed by atoms with Crippen molar-refractivity contribution in [1.82, 2.24) is 4.31 Å². The van der Waals surface area contributed by atoms with Gasteiger partial charge < -0.3 is 0 Å². The summed E-state index contributed by atoms with van der Waals surface area (Å²) >= 11 is 0. The van der Waals surface area contributed by atoms with E-state index in [9.17, 15) is 13.2 Å². The molecule has 0 radical (unpaired) electrons. The van der Waals surface area contributed by atoms with Gasteiger partial charge in [0.25, 0.3) is 0 Å². The maximum atomic E-state index is 13.3. The van der Waals surface area contributed by atoms with Gasteiger partial charge in [0, 0.05) is 12.5 Å². The molecule has 2 unspecified atom stereocenters. The van der Waals surface area contributed by atoms with Gasteiger partial charge in [0.2, 0.25) is 10.0 Å². The number of Topliss-reactive ketones (excluding diaryl/α,β-unsaturated/α-hetero) is 1. The number of sulfonamides is 1. The summed E-state index contributed by atoms with van der Waals surface area (Å²) in [6.07, 6.45) is 1.37. The van der Waals surface area contributed by atoms with Crippen molar-refractivity contribution in [3.8, 4) is 0 Å². The van der Waals surface area contributed by atoms with Crippen LogP contribution in [0.4, 0.5) is 0 Å². The van der Waals surface area contributed by atoms with Crippen molar-refractivity contribution in [2.45, 2.75) is 37.6 Å². The van der Waals surface area contributed by atoms with E-state index in [1.807, 2.05) is 37.3 Å². The van der Waals surface area contributed by atoms with Crippen LogP contribution in [0, 0.1) is 12.8 Å². The van der Waals surface area contributed by atoms with Gasteiger partial charge in [-0.15, -0.1) is 0 Å². The molecular formula is C20H23NO3S. The minimum absolute atomic E-state index is 0.0515. The molecule has 0 spiro atoms. The molecule has 2 aromatic carbocycles. The second-order valence-corrected chi connectivity index (χ2v) is 8.59. The van der Waals surface area contributed by atoms with Crippen LogP contribution in [0.1, 0.15) is 36.9 Å². The van der Waals surface area contributed by atoms with Crippen molar-refractivity contribution in [3.05, 3.63) is 65.7 Å². The molecule has 3 rings (SSSR count). The number of piperidine rings is 1. The van der Waals surface area contributed by atoms with E-state index in [1.165, 1.54) is 4.31 Å². The molecule has 0 aliphatic carbocycles. The second kappa shape index (κ2) is 7.10. The van der Waals surface area contributed by atoms with Gasteiger partial charge in [-0.2, -0.15) is 4.31 Å². The lowest BCUT2D eigenvalue weighted by Crippen LogP contribution is -2.43. The Morgan fingerprint density at radius 1 is 1.00 bits per heavy atom. The fourth-order valence-corrected chi connectivity index (χ4v) is 5.08. The van der Waals surface area contributed by atoms with E-state index in [1.54, 1.807) is 31.2 Å². The highest BCUT2D eigenvalue weighted by Gasteiger charge is 2.39. The monoisotopic (exact) mass is 357 g/mol. The van der Waals surface area contributed by atoms with Crippen LogP contribution in [0.25, 0.3) is 0 Å². The van der Waals surface area contributed by atoms with Gasteiger partial charge in [-0.1, -0.05) is 48.0 Å². The molecule has 1 aliphatic rings. The maximum Gasteiger partial charge on any atom is 0.243 e. The standard InChI is InChI=1S/C20H23NO3S/c1-15-8-11-19(12-9-15)25(23,24)21-14-18(16(2)22)10-13-20(21)17-6-4-3-5-7-17/h3-9,11-12,18,20H,10,13-14H2,1-2H3. The van der Waals surface area contributed by atoms with Crippen LogP contribution in [-0.4, -0.2) is 25.1 Å². The van der Waals surface area contributed by atoms with Crippen LogP contribution in [0.15, 0.2) is 59.5 Å². The van der Waals surface area contributed by atoms with E-state index >= 15 is 0 Å². The molecule has 0 amide bonds. The van der Waals surface area contributed by atoms with Crippen LogP contribution in [0.3, 0.4) is 0 Å². The third-order valence-electron chi connectivity index (χ3n) is 4.92. The first kappa shape index (κ1) is 17.8. The zero-order chi connectivity index (χ0) is 18.0. The Morgan fingerprint density at radius 3 is 2.24 bits per heavy atom. The third-order valence-corrected chi connectivity index (χ3v) is 6.81. The van der Waals surface area contributed by atoms with Gasteiger partial charge >= 0.3 is 0 Å². The molecule has 132 valence electrons. The van der Waals surface area contributed by atoms with Crippen LogP contribution in [-0.2, 0) is 14.8 Å². The van der Waals surface area contributed by atoms with Gasteiger partial charge in [-0.25, -0.2) is 8.42 Å². The van der Waals surface area contributed by atoms with E-state index in [4.69, 9.17) is 0 Å². The van der Waals surface area contributed by atoms with E-state index in [0.29, 0.717) is 6.42 Å². The summed E-state index contributed by atoms with van der Waals surface area (Å²) in [5.41, 5.74) is 1.99. The Bertz CT molecular complexity index is 844. The molecule has 2 aromatic rings. The van der Waals surface area contributed by atoms with Crippen molar-refractivity contribution in [2.75, 3.05) is 6.54 Å². The van der Waals surface area contributed by atoms with E-state index < -0.39 is 10.0 Å². The van der Waals surface area contributed by atoms with Gasteiger partial charge in [0.1, 0.15) is 5.78 Å². The smallest absolute Gasteiger partial charge is 0.243 e. The van der Waals surface area contributed by atoms with Crippen molar-refractivity contribution in [3.63, 3.8) is 0 Å². The lowest BCUT2D eigenvalue weighted by molar-refractivity contribution is -0.122. The molecular weight excluding hydrogens is 334 g/mol. The summed E-state index contributed by atoms with van der Waals surface area (Å²) < 4.78 is 28.0. The fourth-order valence-electron chi connectivity index (χ4n) is 3.39. The average Bonchev–Trinajstić information content (AvgIpc) is 2.62. The zero-order valence-corrected chi connectivity index (χ0v) is 15.4. The molecule has 5 heteroatoms. The molecule has 1 aliphatic heterocycles. The van der Waals surface area contributed by atoms with Gasteiger partial charge in [-0.05, 0) is 44.4 Å². The van der Waals surface area contributed by atoms with E-state index in [0.717, 1.165) is 17.5 Å². The number of carbonyl (C=O) groups is 1. The number of rotatable bonds is 4. The Kier molecular flexibility index (Phi) is 5.06. The number of benzene rings is 2. The van der Waals surface area contributed by atoms with E-state index in [2.05, 4.69) is 0 Å². The third kappa shape index (κ3) is 3.67. The highest BCUT2D eigenvalue weighted by atomic mass is 32.2. The molecule has 1 heterocycles. The van der Waals surface area contributed by atoms with Crippen LogP contribution in [0.2, 0.25) is 0 Å². The molecule has 0 aromatic heterocycles. The summed E-state index contributed by atoms with van der Waals surface area (Å²) in [6.45, 7) is 3.71. The molecule has 0 N–H and O–H groups in total. The summed E-state index contributed by atoms with van der Waals surface area (Å²) in [7, 11) is -3.66. The van der Waals surface area contributed by atoms with Gasteiger partial charge in [-0.3, -0.25) is 4.79 Å². The summed E-state index contributed by atoms with van der Waals surface area (Å²) in [5, 5.41) is 0. The van der Waals surface area contributed by atoms with Crippen molar-refractivity contribution >= 4 is 15.8 Å². The summed E-state index contributed by atoms with van der Waals surface area (Å²) in [5.74, 6) is -0.184. The summed E-state index contributed by atoms with van der Waals surface area (Å²) in [4.78, 5) is 12.2. The lowest BCUT2D eigenvalue weighted by atomic mass is 9.89. The number of nitrogens with zero attached hydrogens (tertiary/aromatic N) is 1. The Labute approximate surface area is 149 Å². The predicted molar refractivity (Wildman–Crippen MR) is 97.7 cm³/mol. The Balaban J connectivity index is 2.02. The molecule has 0 saturated carbocycles. The topological polar surface area (TPSA) is 54.5 Å². The first-order valence-electron chi connectivity index (χ1n) is 8.53. The molecule has 1 saturated heterocycles. The number of hydrogen-bond donors (Lipinski definition) is 0. The fraction of sp³-hybridized carbons (Fsp3) is 0.350. The van der Waals surface area contributed by atoms with Crippen LogP contribution in [0.5, 0.6) is 0 Å². The molecule has 4 nitrogen and oxygen atoms in total. The maximum absolute atomic E-state index is 13.3. The highest BCUT2D eigenvalue weighted by molar-refractivity contribution is 7.89. The molecule has 25 heavy (non-hydrogen) atoms. The minimum atomic E-state index is -3.66. The second-order valence-electron chi connectivity index (χ2n) is 6.70. The Morgan fingerprint density at radius 2 is 1.64 bits per heavy atom. The summed E-state index contributed by atoms with van der Waals surface area (Å²) in [6, 6.07) is 16.3. The predicted octanol–water partition coefficient (Wildman–Crippen LogP) is 3.73. The minimum Gasteiger partial charge on any atom is -0.300 e. The van der Waals surface area contributed by atoms with E-state index in [-0.39, 0.29) is 29.2 Å². The quantitative estimate of drug-likeness (QED) is 0.838. The molecule has 0 bridgehead atoms. The number of carbonyl (C=O) groups excluding carboxylic acids is 1. The van der Waals surface area contributed by atoms with Crippen molar-refractivity contribution in [1.29, 1.82) is 0 Å². The highest BCUT2D eigenvalue weighted by Crippen LogP contribution is 2.37. The SMILES string of the molecule is CC(=O)C1CCC(c2ccccc2)N(S(=O)(=O)c2ccc(C)cc2)C1. The van der Waals surface area contributed by atoms with Gasteiger partial charge in [0.05, 0.1) is 10.9 Å². The number of ketones is 1. The first-order chi connectivity index (χ1) is 11.9. The first-order valence-corrected chi connectivity index (χ1v) is 9.97. The van der Waals surface area contributed by atoms with Crippen molar-refractivity contribution in [2.24, 2.45) is 5.92 Å². The normalized spacial score (nSPS) is 21.8. The Hall–Kier alpha value is -1.98. The van der Waals surface area contributed by atoms with Gasteiger partial charge in [0.15, 0.2) is 0 Å². The average molecular weight is 357 g/mol. The van der Waals surface area contributed by atoms with Crippen LogP contribution >= 0.6 is 0 Å². The number of aryl methyl sites for hydroxylation is 1. The molecule has 2 atom stereocenters. The lowest BCUT2D eigenvalue weighted by Gasteiger charge is -2.38. The largest absolute Gasteiger partial charge is 0.300 e. The molecule has 1 fully saturated rings. The number of hydrogen-bond acceptors (Lipinski definition) is 3.